The van der Waals surface area contributed by atoms with Crippen molar-refractivity contribution in [1.82, 2.24) is 4.98 Å². The van der Waals surface area contributed by atoms with Gasteiger partial charge in [0.15, 0.2) is 5.13 Å². The van der Waals surface area contributed by atoms with Crippen molar-refractivity contribution in [3.8, 4) is 0 Å². The zero-order valence-corrected chi connectivity index (χ0v) is 14.7. The molecule has 3 N–H and O–H groups in total. The van der Waals surface area contributed by atoms with Crippen molar-refractivity contribution in [1.29, 1.82) is 0 Å². The molecule has 3 aromatic rings. The lowest BCUT2D eigenvalue weighted by atomic mass is 10.1. The second-order valence-corrected chi connectivity index (χ2v) is 8.04. The molecule has 24 heavy (non-hydrogen) atoms. The Labute approximate surface area is 143 Å². The highest BCUT2D eigenvalue weighted by Crippen LogP contribution is 2.28. The number of benzene rings is 2. The molecule has 0 bridgehead atoms. The van der Waals surface area contributed by atoms with E-state index in [9.17, 15) is 13.2 Å². The zero-order chi connectivity index (χ0) is 17.5. The molecule has 2 aromatic carbocycles. The lowest BCUT2D eigenvalue weighted by Crippen LogP contribution is -2.11. The van der Waals surface area contributed by atoms with E-state index in [0.717, 1.165) is 11.1 Å². The molecule has 0 saturated carbocycles. The van der Waals surface area contributed by atoms with Crippen LogP contribution in [0.4, 0.5) is 5.13 Å². The van der Waals surface area contributed by atoms with Gasteiger partial charge in [0, 0.05) is 5.56 Å². The van der Waals surface area contributed by atoms with Gasteiger partial charge < -0.3 is 0 Å². The van der Waals surface area contributed by atoms with Crippen LogP contribution in [0.15, 0.2) is 41.3 Å². The van der Waals surface area contributed by atoms with Crippen LogP contribution in [0.1, 0.15) is 21.5 Å². The number of anilines is 1. The number of thiazole rings is 1. The predicted octanol–water partition coefficient (Wildman–Crippen LogP) is 2.81. The van der Waals surface area contributed by atoms with Crippen LogP contribution in [0.2, 0.25) is 0 Å². The van der Waals surface area contributed by atoms with Crippen molar-refractivity contribution < 1.29 is 13.2 Å². The standard InChI is InChI=1S/C16H15N3O3S2/c1-9-3-4-11(7-10(9)2)15(20)19-16-18-13-6-5-12(24(17,21)22)8-14(13)23-16/h3-8H,1-2H3,(H2,17,21,22)(H,18,19,20). The van der Waals surface area contributed by atoms with Crippen LogP contribution < -0.4 is 10.5 Å². The quantitative estimate of drug-likeness (QED) is 0.749. The molecule has 1 heterocycles. The third-order valence-electron chi connectivity index (χ3n) is 3.68. The molecule has 0 saturated heterocycles. The third-order valence-corrected chi connectivity index (χ3v) is 5.52. The molecule has 0 atom stereocenters. The van der Waals surface area contributed by atoms with Crippen LogP contribution in [0.5, 0.6) is 0 Å². The number of hydrogen-bond donors (Lipinski definition) is 2. The van der Waals surface area contributed by atoms with E-state index in [1.165, 1.54) is 23.5 Å². The summed E-state index contributed by atoms with van der Waals surface area (Å²) >= 11 is 1.19. The van der Waals surface area contributed by atoms with E-state index in [1.54, 1.807) is 12.1 Å². The summed E-state index contributed by atoms with van der Waals surface area (Å²) < 4.78 is 23.4. The number of carbonyl (C=O) groups excluding carboxylic acids is 1. The summed E-state index contributed by atoms with van der Waals surface area (Å²) in [4.78, 5) is 16.6. The van der Waals surface area contributed by atoms with Crippen LogP contribution in [0.3, 0.4) is 0 Å². The third kappa shape index (κ3) is 3.30. The fraction of sp³-hybridized carbons (Fsp3) is 0.125. The number of aromatic nitrogens is 1. The Bertz CT molecular complexity index is 1060. The summed E-state index contributed by atoms with van der Waals surface area (Å²) in [7, 11) is -3.77. The Hall–Kier alpha value is -2.29. The molecule has 0 aliphatic heterocycles. The molecule has 0 fully saturated rings. The predicted molar refractivity (Wildman–Crippen MR) is 94.9 cm³/mol. The number of nitrogens with zero attached hydrogens (tertiary/aromatic N) is 1. The van der Waals surface area contributed by atoms with Crippen LogP contribution >= 0.6 is 11.3 Å². The second kappa shape index (κ2) is 5.97. The van der Waals surface area contributed by atoms with Crippen molar-refractivity contribution >= 4 is 42.6 Å². The number of carbonyl (C=O) groups is 1. The highest BCUT2D eigenvalue weighted by molar-refractivity contribution is 7.89. The molecule has 1 amide bonds. The lowest BCUT2D eigenvalue weighted by molar-refractivity contribution is 0.102. The molecule has 0 aliphatic carbocycles. The minimum atomic E-state index is -3.77. The molecule has 0 aliphatic rings. The van der Waals surface area contributed by atoms with Crippen LogP contribution in [0, 0.1) is 13.8 Å². The van der Waals surface area contributed by atoms with E-state index < -0.39 is 10.0 Å². The van der Waals surface area contributed by atoms with Crippen LogP contribution in [-0.4, -0.2) is 19.3 Å². The van der Waals surface area contributed by atoms with Gasteiger partial charge >= 0.3 is 0 Å². The maximum absolute atomic E-state index is 12.3. The van der Waals surface area contributed by atoms with Gasteiger partial charge in [-0.1, -0.05) is 17.4 Å². The monoisotopic (exact) mass is 361 g/mol. The van der Waals surface area contributed by atoms with Gasteiger partial charge in [0.2, 0.25) is 10.0 Å². The second-order valence-electron chi connectivity index (χ2n) is 5.45. The van der Waals surface area contributed by atoms with Gasteiger partial charge in [0.1, 0.15) is 0 Å². The largest absolute Gasteiger partial charge is 0.298 e. The fourth-order valence-electron chi connectivity index (χ4n) is 2.19. The molecule has 8 heteroatoms. The summed E-state index contributed by atoms with van der Waals surface area (Å²) in [6.45, 7) is 3.92. The van der Waals surface area contributed by atoms with Gasteiger partial charge in [-0.25, -0.2) is 18.5 Å². The smallest absolute Gasteiger partial charge is 0.257 e. The van der Waals surface area contributed by atoms with Gasteiger partial charge in [-0.2, -0.15) is 0 Å². The average molecular weight is 361 g/mol. The molecule has 0 spiro atoms. The van der Waals surface area contributed by atoms with Gasteiger partial charge in [0.05, 0.1) is 15.1 Å². The summed E-state index contributed by atoms with van der Waals surface area (Å²) in [5.41, 5.74) is 3.29. The highest BCUT2D eigenvalue weighted by Gasteiger charge is 2.13. The van der Waals surface area contributed by atoms with E-state index in [4.69, 9.17) is 5.14 Å². The van der Waals surface area contributed by atoms with Gasteiger partial charge in [0.25, 0.3) is 5.91 Å². The Morgan fingerprint density at radius 2 is 1.88 bits per heavy atom. The Morgan fingerprint density at radius 1 is 1.12 bits per heavy atom. The van der Waals surface area contributed by atoms with E-state index in [1.807, 2.05) is 26.0 Å². The summed E-state index contributed by atoms with van der Waals surface area (Å²) in [5.74, 6) is -0.260. The first-order valence-electron chi connectivity index (χ1n) is 7.06. The number of rotatable bonds is 3. The summed E-state index contributed by atoms with van der Waals surface area (Å²) in [5, 5.41) is 8.27. The molecule has 124 valence electrons. The normalized spacial score (nSPS) is 11.6. The Kier molecular flexibility index (Phi) is 4.12. The minimum Gasteiger partial charge on any atom is -0.298 e. The maximum Gasteiger partial charge on any atom is 0.257 e. The highest BCUT2D eigenvalue weighted by atomic mass is 32.2. The molecular formula is C16H15N3O3S2. The number of fused-ring (bicyclic) bond motifs is 1. The van der Waals surface area contributed by atoms with Gasteiger partial charge in [-0.05, 0) is 55.3 Å². The number of nitrogens with two attached hydrogens (primary N) is 1. The van der Waals surface area contributed by atoms with Crippen molar-refractivity contribution in [2.45, 2.75) is 18.7 Å². The SMILES string of the molecule is Cc1ccc(C(=O)Nc2nc3ccc(S(N)(=O)=O)cc3s2)cc1C. The van der Waals surface area contributed by atoms with E-state index in [0.29, 0.717) is 20.9 Å². The molecule has 1 aromatic heterocycles. The minimum absolute atomic E-state index is 0.0192. The first-order chi connectivity index (χ1) is 11.2. The average Bonchev–Trinajstić information content (AvgIpc) is 2.90. The number of sulfonamides is 1. The lowest BCUT2D eigenvalue weighted by Gasteiger charge is -2.04. The molecule has 0 radical (unpaired) electrons. The summed E-state index contributed by atoms with van der Waals surface area (Å²) in [6, 6.07) is 9.87. The Morgan fingerprint density at radius 3 is 2.54 bits per heavy atom. The van der Waals surface area contributed by atoms with Crippen molar-refractivity contribution in [3.05, 3.63) is 53.1 Å². The topological polar surface area (TPSA) is 102 Å². The molecule has 3 rings (SSSR count). The van der Waals surface area contributed by atoms with Crippen LogP contribution in [0.25, 0.3) is 10.2 Å². The first kappa shape index (κ1) is 16.6. The molecule has 6 nitrogen and oxygen atoms in total. The molecular weight excluding hydrogens is 346 g/mol. The number of aryl methyl sites for hydroxylation is 2. The number of amides is 1. The van der Waals surface area contributed by atoms with Gasteiger partial charge in [-0.15, -0.1) is 0 Å². The van der Waals surface area contributed by atoms with Crippen molar-refractivity contribution in [3.63, 3.8) is 0 Å². The van der Waals surface area contributed by atoms with E-state index >= 15 is 0 Å². The zero-order valence-electron chi connectivity index (χ0n) is 13.0. The van der Waals surface area contributed by atoms with E-state index in [2.05, 4.69) is 10.3 Å². The van der Waals surface area contributed by atoms with Crippen molar-refractivity contribution in [2.24, 2.45) is 5.14 Å². The van der Waals surface area contributed by atoms with Crippen molar-refractivity contribution in [2.75, 3.05) is 5.32 Å². The number of nitrogens with one attached hydrogen (secondary N) is 1. The summed E-state index contributed by atoms with van der Waals surface area (Å²) in [6.07, 6.45) is 0. The van der Waals surface area contributed by atoms with E-state index in [-0.39, 0.29) is 10.8 Å². The first-order valence-corrected chi connectivity index (χ1v) is 9.42. The van der Waals surface area contributed by atoms with Crippen LogP contribution in [-0.2, 0) is 10.0 Å². The molecule has 0 unspecified atom stereocenters. The number of hydrogen-bond acceptors (Lipinski definition) is 5. The van der Waals surface area contributed by atoms with Gasteiger partial charge in [-0.3, -0.25) is 10.1 Å². The maximum atomic E-state index is 12.3. The Balaban J connectivity index is 1.89. The fourth-order valence-corrected chi connectivity index (χ4v) is 3.70. The number of primary sulfonamides is 1.